The Balaban J connectivity index is 1.66. The topological polar surface area (TPSA) is 63.7 Å². The molecule has 1 aromatic carbocycles. The van der Waals surface area contributed by atoms with Gasteiger partial charge in [-0.3, -0.25) is 4.90 Å². The van der Waals surface area contributed by atoms with E-state index in [1.54, 1.807) is 19.2 Å². The number of benzene rings is 1. The number of rotatable bonds is 7. The van der Waals surface area contributed by atoms with Crippen molar-refractivity contribution in [3.8, 4) is 0 Å². The molecule has 1 aromatic heterocycles. The van der Waals surface area contributed by atoms with Crippen molar-refractivity contribution in [3.63, 3.8) is 0 Å². The molecule has 1 fully saturated rings. The van der Waals surface area contributed by atoms with Gasteiger partial charge in [0.1, 0.15) is 5.82 Å². The number of aromatic nitrogens is 1. The first-order valence-corrected chi connectivity index (χ1v) is 9.01. The highest BCUT2D eigenvalue weighted by molar-refractivity contribution is 5.89. The van der Waals surface area contributed by atoms with Crippen LogP contribution in [0.4, 0.5) is 5.82 Å². The van der Waals surface area contributed by atoms with Crippen molar-refractivity contribution < 1.29 is 14.3 Å². The largest absolute Gasteiger partial charge is 0.462 e. The van der Waals surface area contributed by atoms with Gasteiger partial charge in [-0.05, 0) is 24.6 Å². The average Bonchev–Trinajstić information content (AvgIpc) is 2.70. The van der Waals surface area contributed by atoms with E-state index in [0.717, 1.165) is 38.7 Å². The first-order chi connectivity index (χ1) is 12.8. The van der Waals surface area contributed by atoms with E-state index in [-0.39, 0.29) is 12.0 Å². The predicted octanol–water partition coefficient (Wildman–Crippen LogP) is 2.74. The summed E-state index contributed by atoms with van der Waals surface area (Å²) < 4.78 is 10.5. The van der Waals surface area contributed by atoms with Gasteiger partial charge >= 0.3 is 5.97 Å². The molecular weight excluding hydrogens is 330 g/mol. The van der Waals surface area contributed by atoms with Crippen LogP contribution in [-0.2, 0) is 9.47 Å². The van der Waals surface area contributed by atoms with Crippen LogP contribution in [0.2, 0.25) is 0 Å². The number of hydrogen-bond donors (Lipinski definition) is 1. The van der Waals surface area contributed by atoms with Crippen LogP contribution >= 0.6 is 0 Å². The number of pyridine rings is 1. The molecule has 0 spiro atoms. The van der Waals surface area contributed by atoms with E-state index in [1.807, 2.05) is 12.1 Å². The monoisotopic (exact) mass is 355 g/mol. The van der Waals surface area contributed by atoms with E-state index in [2.05, 4.69) is 39.5 Å². The molecule has 0 radical (unpaired) electrons. The van der Waals surface area contributed by atoms with Gasteiger partial charge in [0.25, 0.3) is 0 Å². The molecule has 6 heteroatoms. The molecule has 0 aliphatic carbocycles. The Morgan fingerprint density at radius 1 is 1.23 bits per heavy atom. The minimum absolute atomic E-state index is 0.242. The van der Waals surface area contributed by atoms with Crippen molar-refractivity contribution in [3.05, 3.63) is 59.8 Å². The lowest BCUT2D eigenvalue weighted by atomic mass is 10.0. The Bertz CT molecular complexity index is 685. The van der Waals surface area contributed by atoms with Gasteiger partial charge in [-0.2, -0.15) is 0 Å². The van der Waals surface area contributed by atoms with Gasteiger partial charge in [0.2, 0.25) is 0 Å². The van der Waals surface area contributed by atoms with Crippen molar-refractivity contribution in [2.75, 3.05) is 44.8 Å². The molecule has 138 valence electrons. The number of anilines is 1. The van der Waals surface area contributed by atoms with E-state index in [9.17, 15) is 4.79 Å². The SMILES string of the molecule is CCOC(=O)c1ccc(NCC(c2ccccc2)N2CCOCC2)nc1. The summed E-state index contributed by atoms with van der Waals surface area (Å²) in [5.41, 5.74) is 1.73. The summed E-state index contributed by atoms with van der Waals surface area (Å²) in [6.45, 7) is 6.22. The van der Waals surface area contributed by atoms with Crippen LogP contribution in [0.15, 0.2) is 48.7 Å². The zero-order valence-electron chi connectivity index (χ0n) is 15.1. The van der Waals surface area contributed by atoms with Crippen LogP contribution in [0.3, 0.4) is 0 Å². The number of hydrogen-bond acceptors (Lipinski definition) is 6. The fraction of sp³-hybridized carbons (Fsp3) is 0.400. The predicted molar refractivity (Wildman–Crippen MR) is 100 cm³/mol. The summed E-state index contributed by atoms with van der Waals surface area (Å²) in [6, 6.07) is 14.3. The minimum Gasteiger partial charge on any atom is -0.462 e. The number of carbonyl (C=O) groups is 1. The lowest BCUT2D eigenvalue weighted by Gasteiger charge is -2.35. The molecule has 1 aliphatic rings. The molecule has 1 saturated heterocycles. The summed E-state index contributed by atoms with van der Waals surface area (Å²) in [5, 5.41) is 3.39. The second kappa shape index (κ2) is 9.31. The molecule has 2 heterocycles. The van der Waals surface area contributed by atoms with Gasteiger partial charge in [0, 0.05) is 25.8 Å². The smallest absolute Gasteiger partial charge is 0.339 e. The van der Waals surface area contributed by atoms with E-state index in [4.69, 9.17) is 9.47 Å². The number of ether oxygens (including phenoxy) is 2. The van der Waals surface area contributed by atoms with Crippen molar-refractivity contribution in [1.82, 2.24) is 9.88 Å². The quantitative estimate of drug-likeness (QED) is 0.771. The third-order valence-electron chi connectivity index (χ3n) is 4.42. The van der Waals surface area contributed by atoms with Crippen LogP contribution in [0, 0.1) is 0 Å². The fourth-order valence-corrected chi connectivity index (χ4v) is 3.06. The Morgan fingerprint density at radius 2 is 2.00 bits per heavy atom. The Hall–Kier alpha value is -2.44. The van der Waals surface area contributed by atoms with Crippen LogP contribution in [0.25, 0.3) is 0 Å². The first-order valence-electron chi connectivity index (χ1n) is 9.01. The zero-order valence-corrected chi connectivity index (χ0v) is 15.1. The van der Waals surface area contributed by atoms with E-state index < -0.39 is 0 Å². The normalized spacial score (nSPS) is 16.0. The molecule has 3 rings (SSSR count). The highest BCUT2D eigenvalue weighted by Gasteiger charge is 2.22. The Morgan fingerprint density at radius 3 is 2.65 bits per heavy atom. The summed E-state index contributed by atoms with van der Waals surface area (Å²) in [7, 11) is 0. The number of carbonyl (C=O) groups excluding carboxylic acids is 1. The van der Waals surface area contributed by atoms with E-state index in [1.165, 1.54) is 5.56 Å². The maximum Gasteiger partial charge on any atom is 0.339 e. The summed E-state index contributed by atoms with van der Waals surface area (Å²) in [6.07, 6.45) is 1.55. The molecule has 6 nitrogen and oxygen atoms in total. The maximum absolute atomic E-state index is 11.7. The molecule has 1 N–H and O–H groups in total. The lowest BCUT2D eigenvalue weighted by molar-refractivity contribution is 0.0187. The number of nitrogens with one attached hydrogen (secondary N) is 1. The third-order valence-corrected chi connectivity index (χ3v) is 4.42. The average molecular weight is 355 g/mol. The van der Waals surface area contributed by atoms with Gasteiger partial charge in [-0.15, -0.1) is 0 Å². The molecular formula is C20H25N3O3. The molecule has 2 aromatic rings. The van der Waals surface area contributed by atoms with Crippen molar-refractivity contribution in [1.29, 1.82) is 0 Å². The third kappa shape index (κ3) is 4.80. The zero-order chi connectivity index (χ0) is 18.2. The number of morpholine rings is 1. The molecule has 0 saturated carbocycles. The summed E-state index contributed by atoms with van der Waals surface area (Å²) >= 11 is 0. The highest BCUT2D eigenvalue weighted by atomic mass is 16.5. The number of nitrogens with zero attached hydrogens (tertiary/aromatic N) is 2. The fourth-order valence-electron chi connectivity index (χ4n) is 3.06. The number of esters is 1. The van der Waals surface area contributed by atoms with Crippen molar-refractivity contribution in [2.45, 2.75) is 13.0 Å². The van der Waals surface area contributed by atoms with Gasteiger partial charge < -0.3 is 14.8 Å². The highest BCUT2D eigenvalue weighted by Crippen LogP contribution is 2.22. The molecule has 0 amide bonds. The Kier molecular flexibility index (Phi) is 6.57. The van der Waals surface area contributed by atoms with Crippen LogP contribution < -0.4 is 5.32 Å². The molecule has 1 aliphatic heterocycles. The second-order valence-electron chi connectivity index (χ2n) is 6.11. The molecule has 1 unspecified atom stereocenters. The van der Waals surface area contributed by atoms with Crippen molar-refractivity contribution >= 4 is 11.8 Å². The molecule has 1 atom stereocenters. The Labute approximate surface area is 154 Å². The summed E-state index contributed by atoms with van der Waals surface area (Å²) in [4.78, 5) is 18.5. The molecule has 0 bridgehead atoms. The van der Waals surface area contributed by atoms with Crippen LogP contribution in [-0.4, -0.2) is 55.3 Å². The van der Waals surface area contributed by atoms with Gasteiger partial charge in [-0.25, -0.2) is 9.78 Å². The van der Waals surface area contributed by atoms with Crippen LogP contribution in [0.1, 0.15) is 28.9 Å². The lowest BCUT2D eigenvalue weighted by Crippen LogP contribution is -2.41. The van der Waals surface area contributed by atoms with Crippen LogP contribution in [0.5, 0.6) is 0 Å². The minimum atomic E-state index is -0.345. The second-order valence-corrected chi connectivity index (χ2v) is 6.11. The van der Waals surface area contributed by atoms with Gasteiger partial charge in [-0.1, -0.05) is 30.3 Å². The van der Waals surface area contributed by atoms with E-state index >= 15 is 0 Å². The van der Waals surface area contributed by atoms with Gasteiger partial charge in [0.05, 0.1) is 31.4 Å². The molecule has 26 heavy (non-hydrogen) atoms. The van der Waals surface area contributed by atoms with Gasteiger partial charge in [0.15, 0.2) is 0 Å². The van der Waals surface area contributed by atoms with E-state index in [0.29, 0.717) is 12.2 Å². The maximum atomic E-state index is 11.7. The van der Waals surface area contributed by atoms with Crippen molar-refractivity contribution in [2.24, 2.45) is 0 Å². The first kappa shape index (κ1) is 18.4. The summed E-state index contributed by atoms with van der Waals surface area (Å²) in [5.74, 6) is 0.397. The standard InChI is InChI=1S/C20H25N3O3/c1-2-26-20(24)17-8-9-19(21-14-17)22-15-18(16-6-4-3-5-7-16)23-10-12-25-13-11-23/h3-9,14,18H,2,10-13,15H2,1H3,(H,21,22).